The number of halogens is 1. The number of nitriles is 1. The fourth-order valence-corrected chi connectivity index (χ4v) is 2.61. The standard InChI is InChI=1S/C15H15ClN2O5/c1-21-12-7-13(22-2)11(6-10(12)16)18-8-9(5-14(18)19)15(20)23-4-3-17/h6-7,9H,4-5,8H2,1-2H3/t9-/m0/s1. The van der Waals surface area contributed by atoms with Crippen molar-refractivity contribution in [3.05, 3.63) is 17.2 Å². The first-order chi connectivity index (χ1) is 11.0. The summed E-state index contributed by atoms with van der Waals surface area (Å²) in [6.07, 6.45) is 0.0110. The van der Waals surface area contributed by atoms with E-state index in [4.69, 9.17) is 31.1 Å². The summed E-state index contributed by atoms with van der Waals surface area (Å²) in [6, 6.07) is 4.85. The number of hydrogen-bond acceptors (Lipinski definition) is 6. The summed E-state index contributed by atoms with van der Waals surface area (Å²) < 4.78 is 15.2. The number of hydrogen-bond donors (Lipinski definition) is 0. The second-order valence-electron chi connectivity index (χ2n) is 4.83. The minimum Gasteiger partial charge on any atom is -0.495 e. The van der Waals surface area contributed by atoms with Crippen molar-refractivity contribution in [2.24, 2.45) is 5.92 Å². The molecule has 0 aliphatic carbocycles. The zero-order valence-corrected chi connectivity index (χ0v) is 13.4. The van der Waals surface area contributed by atoms with Crippen molar-refractivity contribution in [1.82, 2.24) is 0 Å². The molecule has 7 nitrogen and oxygen atoms in total. The molecular formula is C15H15ClN2O5. The molecule has 0 radical (unpaired) electrons. The number of anilines is 1. The summed E-state index contributed by atoms with van der Waals surface area (Å²) >= 11 is 6.11. The van der Waals surface area contributed by atoms with E-state index in [9.17, 15) is 9.59 Å². The van der Waals surface area contributed by atoms with Gasteiger partial charge in [0.2, 0.25) is 5.91 Å². The Hall–Kier alpha value is -2.46. The lowest BCUT2D eigenvalue weighted by molar-refractivity contribution is -0.146. The molecule has 0 bridgehead atoms. The molecule has 122 valence electrons. The van der Waals surface area contributed by atoms with Crippen molar-refractivity contribution in [2.75, 3.05) is 32.3 Å². The van der Waals surface area contributed by atoms with Crippen LogP contribution in [0.5, 0.6) is 11.5 Å². The van der Waals surface area contributed by atoms with Gasteiger partial charge in [-0.25, -0.2) is 0 Å². The van der Waals surface area contributed by atoms with E-state index in [2.05, 4.69) is 0 Å². The van der Waals surface area contributed by atoms with Gasteiger partial charge in [-0.3, -0.25) is 9.59 Å². The van der Waals surface area contributed by atoms with Gasteiger partial charge in [0.15, 0.2) is 6.61 Å². The summed E-state index contributed by atoms with van der Waals surface area (Å²) in [5.41, 5.74) is 0.457. The van der Waals surface area contributed by atoms with Crippen LogP contribution >= 0.6 is 11.6 Å². The maximum absolute atomic E-state index is 12.2. The van der Waals surface area contributed by atoms with Gasteiger partial charge in [0.25, 0.3) is 0 Å². The molecule has 1 aliphatic rings. The van der Waals surface area contributed by atoms with E-state index in [1.54, 1.807) is 18.2 Å². The first-order valence-electron chi connectivity index (χ1n) is 6.77. The minimum absolute atomic E-state index is 0.0110. The zero-order chi connectivity index (χ0) is 17.0. The molecule has 0 aromatic heterocycles. The molecule has 23 heavy (non-hydrogen) atoms. The molecule has 1 fully saturated rings. The molecule has 1 aliphatic heterocycles. The first-order valence-corrected chi connectivity index (χ1v) is 7.15. The Kier molecular flexibility index (Phi) is 5.29. The number of benzene rings is 1. The van der Waals surface area contributed by atoms with E-state index < -0.39 is 11.9 Å². The lowest BCUT2D eigenvalue weighted by atomic mass is 10.1. The van der Waals surface area contributed by atoms with Gasteiger partial charge in [-0.2, -0.15) is 5.26 Å². The Morgan fingerprint density at radius 2 is 2.09 bits per heavy atom. The fraction of sp³-hybridized carbons (Fsp3) is 0.400. The third-order valence-corrected chi connectivity index (χ3v) is 3.78. The SMILES string of the molecule is COc1cc(OC)c(N2C[C@@H](C(=O)OCC#N)CC2=O)cc1Cl. The van der Waals surface area contributed by atoms with Crippen LogP contribution in [-0.4, -0.2) is 39.2 Å². The van der Waals surface area contributed by atoms with Crippen LogP contribution in [0.25, 0.3) is 0 Å². The van der Waals surface area contributed by atoms with Gasteiger partial charge in [-0.05, 0) is 6.07 Å². The van der Waals surface area contributed by atoms with E-state index >= 15 is 0 Å². The summed E-state index contributed by atoms with van der Waals surface area (Å²) in [4.78, 5) is 25.5. The molecule has 2 rings (SSSR count). The molecule has 1 atom stereocenters. The second-order valence-corrected chi connectivity index (χ2v) is 5.24. The van der Waals surface area contributed by atoms with E-state index in [1.165, 1.54) is 19.1 Å². The highest BCUT2D eigenvalue weighted by molar-refractivity contribution is 6.32. The van der Waals surface area contributed by atoms with Crippen LogP contribution in [0.1, 0.15) is 6.42 Å². The second kappa shape index (κ2) is 7.20. The van der Waals surface area contributed by atoms with Crippen molar-refractivity contribution in [3.63, 3.8) is 0 Å². The molecule has 1 amide bonds. The number of methoxy groups -OCH3 is 2. The van der Waals surface area contributed by atoms with Crippen LogP contribution in [0.15, 0.2) is 12.1 Å². The average Bonchev–Trinajstić information content (AvgIpc) is 2.94. The van der Waals surface area contributed by atoms with Gasteiger partial charge >= 0.3 is 5.97 Å². The first kappa shape index (κ1) is 16.9. The molecular weight excluding hydrogens is 324 g/mol. The maximum atomic E-state index is 12.2. The molecule has 0 unspecified atom stereocenters. The largest absolute Gasteiger partial charge is 0.495 e. The zero-order valence-electron chi connectivity index (χ0n) is 12.7. The highest BCUT2D eigenvalue weighted by Crippen LogP contribution is 2.40. The highest BCUT2D eigenvalue weighted by Gasteiger charge is 2.37. The number of ether oxygens (including phenoxy) is 3. The Balaban J connectivity index is 2.25. The van der Waals surface area contributed by atoms with Gasteiger partial charge in [0.05, 0.1) is 30.8 Å². The van der Waals surface area contributed by atoms with Crippen LogP contribution in [0.3, 0.4) is 0 Å². The monoisotopic (exact) mass is 338 g/mol. The summed E-state index contributed by atoms with van der Waals surface area (Å²) in [6.45, 7) is -0.191. The fourth-order valence-electron chi connectivity index (χ4n) is 2.37. The smallest absolute Gasteiger partial charge is 0.312 e. The van der Waals surface area contributed by atoms with Gasteiger partial charge in [0.1, 0.15) is 17.6 Å². The van der Waals surface area contributed by atoms with Gasteiger partial charge in [-0.15, -0.1) is 0 Å². The number of amides is 1. The summed E-state index contributed by atoms with van der Waals surface area (Å²) in [5, 5.41) is 8.77. The molecule has 0 N–H and O–H groups in total. The van der Waals surface area contributed by atoms with Crippen LogP contribution < -0.4 is 14.4 Å². The summed E-state index contributed by atoms with van der Waals surface area (Å²) in [5.74, 6) is -0.611. The Morgan fingerprint density at radius 1 is 1.39 bits per heavy atom. The van der Waals surface area contributed by atoms with E-state index in [0.29, 0.717) is 22.2 Å². The molecule has 8 heteroatoms. The van der Waals surface area contributed by atoms with Crippen LogP contribution in [0, 0.1) is 17.2 Å². The van der Waals surface area contributed by atoms with Crippen LogP contribution in [0.2, 0.25) is 5.02 Å². The van der Waals surface area contributed by atoms with Crippen molar-refractivity contribution < 1.29 is 23.8 Å². The third-order valence-electron chi connectivity index (χ3n) is 3.48. The number of carbonyl (C=O) groups is 2. The lowest BCUT2D eigenvalue weighted by Crippen LogP contribution is -2.27. The Bertz CT molecular complexity index is 671. The number of carbonyl (C=O) groups excluding carboxylic acids is 2. The van der Waals surface area contributed by atoms with Crippen molar-refractivity contribution in [3.8, 4) is 17.6 Å². The molecule has 1 saturated heterocycles. The third kappa shape index (κ3) is 3.48. The van der Waals surface area contributed by atoms with Crippen molar-refractivity contribution in [1.29, 1.82) is 5.26 Å². The highest BCUT2D eigenvalue weighted by atomic mass is 35.5. The number of rotatable bonds is 5. The molecule has 0 spiro atoms. The van der Waals surface area contributed by atoms with E-state index in [1.807, 2.05) is 0 Å². The molecule has 1 aromatic carbocycles. The Morgan fingerprint density at radius 3 is 2.70 bits per heavy atom. The van der Waals surface area contributed by atoms with Crippen LogP contribution in [0.4, 0.5) is 5.69 Å². The molecule has 1 aromatic rings. The topological polar surface area (TPSA) is 88.9 Å². The van der Waals surface area contributed by atoms with E-state index in [0.717, 1.165) is 0 Å². The van der Waals surface area contributed by atoms with Crippen molar-refractivity contribution >= 4 is 29.2 Å². The number of esters is 1. The van der Waals surface area contributed by atoms with Gasteiger partial charge in [-0.1, -0.05) is 11.6 Å². The van der Waals surface area contributed by atoms with Crippen molar-refractivity contribution in [2.45, 2.75) is 6.42 Å². The Labute approximate surface area is 138 Å². The predicted molar refractivity (Wildman–Crippen MR) is 81.6 cm³/mol. The normalized spacial score (nSPS) is 16.9. The quantitative estimate of drug-likeness (QED) is 0.760. The van der Waals surface area contributed by atoms with Gasteiger partial charge in [0, 0.05) is 19.0 Å². The van der Waals surface area contributed by atoms with Crippen LogP contribution in [-0.2, 0) is 14.3 Å². The van der Waals surface area contributed by atoms with E-state index in [-0.39, 0.29) is 25.5 Å². The molecule has 0 saturated carbocycles. The minimum atomic E-state index is -0.624. The molecule has 1 heterocycles. The summed E-state index contributed by atoms with van der Waals surface area (Å²) in [7, 11) is 2.94. The van der Waals surface area contributed by atoms with Gasteiger partial charge < -0.3 is 19.1 Å². The number of nitrogens with zero attached hydrogens (tertiary/aromatic N) is 2. The average molecular weight is 339 g/mol. The predicted octanol–water partition coefficient (Wildman–Crippen LogP) is 1.78. The maximum Gasteiger partial charge on any atom is 0.312 e. The lowest BCUT2D eigenvalue weighted by Gasteiger charge is -2.20.